The van der Waals surface area contributed by atoms with Gasteiger partial charge in [-0.25, -0.2) is 14.3 Å². The number of carbonyl (C=O) groups excluding carboxylic acids is 1. The van der Waals surface area contributed by atoms with E-state index in [0.29, 0.717) is 13.0 Å². The van der Waals surface area contributed by atoms with Crippen LogP contribution in [-0.4, -0.2) is 33.5 Å². The number of hydrogen-bond acceptors (Lipinski definition) is 4. The minimum absolute atomic E-state index is 0.134. The Kier molecular flexibility index (Phi) is 5.11. The van der Waals surface area contributed by atoms with Crippen LogP contribution in [0.5, 0.6) is 0 Å². The maximum Gasteiger partial charge on any atom is 0.419 e. The van der Waals surface area contributed by atoms with Crippen molar-refractivity contribution >= 4 is 6.09 Å². The molecule has 1 rings (SSSR count). The second kappa shape index (κ2) is 6.19. The molecule has 0 atom stereocenters. The van der Waals surface area contributed by atoms with E-state index in [1.165, 1.54) is 10.9 Å². The Labute approximate surface area is 114 Å². The molecule has 0 saturated heterocycles. The number of ether oxygens (including phenoxy) is 2. The normalized spacial score (nSPS) is 12.5. The van der Waals surface area contributed by atoms with Gasteiger partial charge >= 0.3 is 6.09 Å². The van der Waals surface area contributed by atoms with E-state index < -0.39 is 11.7 Å². The van der Waals surface area contributed by atoms with Crippen LogP contribution >= 0.6 is 0 Å². The Morgan fingerprint density at radius 3 is 2.47 bits per heavy atom. The van der Waals surface area contributed by atoms with Gasteiger partial charge < -0.3 is 9.47 Å². The summed E-state index contributed by atoms with van der Waals surface area (Å²) in [5.41, 5.74) is -0.699. The zero-order chi connectivity index (χ0) is 14.5. The van der Waals surface area contributed by atoms with Crippen LogP contribution in [-0.2, 0) is 9.47 Å². The first kappa shape index (κ1) is 15.7. The van der Waals surface area contributed by atoms with E-state index in [4.69, 9.17) is 9.47 Å². The summed E-state index contributed by atoms with van der Waals surface area (Å²) in [7, 11) is 0. The molecular formula is C14H24N2O3. The van der Waals surface area contributed by atoms with Crippen LogP contribution in [0.2, 0.25) is 0 Å². The molecule has 0 aliphatic heterocycles. The zero-order valence-corrected chi connectivity index (χ0v) is 12.5. The minimum atomic E-state index is -0.564. The van der Waals surface area contributed by atoms with Crippen molar-refractivity contribution in [3.8, 4) is 0 Å². The minimum Gasteiger partial charge on any atom is -0.443 e. The first-order valence-electron chi connectivity index (χ1n) is 6.61. The van der Waals surface area contributed by atoms with Crippen LogP contribution < -0.4 is 0 Å². The molecule has 0 N–H and O–H groups in total. The van der Waals surface area contributed by atoms with Crippen molar-refractivity contribution in [2.75, 3.05) is 6.61 Å². The number of aromatic nitrogens is 2. The van der Waals surface area contributed by atoms with Gasteiger partial charge in [0.2, 0.25) is 0 Å². The van der Waals surface area contributed by atoms with Crippen LogP contribution in [0.4, 0.5) is 4.79 Å². The van der Waals surface area contributed by atoms with E-state index in [2.05, 4.69) is 25.8 Å². The number of hydrogen-bond donors (Lipinski definition) is 0. The molecule has 0 bridgehead atoms. The molecule has 0 aliphatic rings. The molecule has 0 aromatic carbocycles. The average Bonchev–Trinajstić information content (AvgIpc) is 2.81. The van der Waals surface area contributed by atoms with E-state index >= 15 is 0 Å². The molecule has 1 heterocycles. The van der Waals surface area contributed by atoms with Gasteiger partial charge in [0.25, 0.3) is 0 Å². The molecule has 0 unspecified atom stereocenters. The lowest BCUT2D eigenvalue weighted by atomic mass is 10.0. The predicted molar refractivity (Wildman–Crippen MR) is 73.1 cm³/mol. The maximum absolute atomic E-state index is 11.8. The topological polar surface area (TPSA) is 53.4 Å². The van der Waals surface area contributed by atoms with Gasteiger partial charge in [-0.05, 0) is 34.1 Å². The Morgan fingerprint density at radius 2 is 1.95 bits per heavy atom. The maximum atomic E-state index is 11.8. The summed E-state index contributed by atoms with van der Waals surface area (Å²) < 4.78 is 12.5. The molecule has 5 heteroatoms. The number of carbonyl (C=O) groups is 1. The monoisotopic (exact) mass is 268 g/mol. The van der Waals surface area contributed by atoms with Crippen molar-refractivity contribution in [3.05, 3.63) is 18.7 Å². The van der Waals surface area contributed by atoms with Crippen molar-refractivity contribution < 1.29 is 14.3 Å². The highest BCUT2D eigenvalue weighted by atomic mass is 16.6. The van der Waals surface area contributed by atoms with Crippen LogP contribution in [0, 0.1) is 0 Å². The smallest absolute Gasteiger partial charge is 0.419 e. The quantitative estimate of drug-likeness (QED) is 0.794. The van der Waals surface area contributed by atoms with Gasteiger partial charge in [-0.2, -0.15) is 0 Å². The summed E-state index contributed by atoms with van der Waals surface area (Å²) in [5, 5.41) is 0. The molecular weight excluding hydrogens is 244 g/mol. The molecule has 0 spiro atoms. The first-order chi connectivity index (χ1) is 8.76. The van der Waals surface area contributed by atoms with Crippen LogP contribution in [0.3, 0.4) is 0 Å². The number of imidazole rings is 1. The summed E-state index contributed by atoms with van der Waals surface area (Å²) >= 11 is 0. The molecule has 0 saturated carbocycles. The lowest BCUT2D eigenvalue weighted by Gasteiger charge is -2.28. The van der Waals surface area contributed by atoms with Crippen molar-refractivity contribution in [1.82, 2.24) is 9.55 Å². The van der Waals surface area contributed by atoms with Crippen LogP contribution in [0.1, 0.15) is 47.5 Å². The SMILES string of the molecule is CCC(C)(C)OCCC(C)(C)OC(=O)n1ccnc1. The van der Waals surface area contributed by atoms with Gasteiger partial charge in [0, 0.05) is 18.8 Å². The third-order valence-electron chi connectivity index (χ3n) is 3.13. The molecule has 1 aromatic rings. The molecule has 0 aliphatic carbocycles. The average molecular weight is 268 g/mol. The van der Waals surface area contributed by atoms with Crippen molar-refractivity contribution in [2.24, 2.45) is 0 Å². The lowest BCUT2D eigenvalue weighted by Crippen LogP contribution is -2.33. The van der Waals surface area contributed by atoms with E-state index in [9.17, 15) is 4.79 Å². The van der Waals surface area contributed by atoms with E-state index in [1.54, 1.807) is 12.4 Å². The van der Waals surface area contributed by atoms with Gasteiger partial charge in [0.1, 0.15) is 11.9 Å². The fourth-order valence-corrected chi connectivity index (χ4v) is 1.38. The Hall–Kier alpha value is -1.36. The molecule has 0 fully saturated rings. The van der Waals surface area contributed by atoms with E-state index in [0.717, 1.165) is 6.42 Å². The number of rotatable bonds is 6. The molecule has 19 heavy (non-hydrogen) atoms. The highest BCUT2D eigenvalue weighted by Gasteiger charge is 2.25. The largest absolute Gasteiger partial charge is 0.443 e. The van der Waals surface area contributed by atoms with Crippen molar-refractivity contribution in [3.63, 3.8) is 0 Å². The standard InChI is InChI=1S/C14H24N2O3/c1-6-13(2,3)18-10-7-14(4,5)19-12(17)16-9-8-15-11-16/h8-9,11H,6-7,10H2,1-5H3. The van der Waals surface area contributed by atoms with Gasteiger partial charge in [0.15, 0.2) is 0 Å². The van der Waals surface area contributed by atoms with E-state index in [1.807, 2.05) is 13.8 Å². The summed E-state index contributed by atoms with van der Waals surface area (Å²) in [6.45, 7) is 10.5. The Balaban J connectivity index is 2.42. The van der Waals surface area contributed by atoms with Crippen LogP contribution in [0.15, 0.2) is 18.7 Å². The van der Waals surface area contributed by atoms with Crippen LogP contribution in [0.25, 0.3) is 0 Å². The molecule has 5 nitrogen and oxygen atoms in total. The second-order valence-electron chi connectivity index (χ2n) is 5.81. The van der Waals surface area contributed by atoms with Gasteiger partial charge in [-0.3, -0.25) is 0 Å². The Bertz CT molecular complexity index is 397. The lowest BCUT2D eigenvalue weighted by molar-refractivity contribution is -0.0507. The Morgan fingerprint density at radius 1 is 1.26 bits per heavy atom. The van der Waals surface area contributed by atoms with Crippen molar-refractivity contribution in [2.45, 2.75) is 58.7 Å². The first-order valence-corrected chi connectivity index (χ1v) is 6.61. The highest BCUT2D eigenvalue weighted by Crippen LogP contribution is 2.19. The highest BCUT2D eigenvalue weighted by molar-refractivity contribution is 5.70. The van der Waals surface area contributed by atoms with Gasteiger partial charge in [-0.1, -0.05) is 6.92 Å². The van der Waals surface area contributed by atoms with Gasteiger partial charge in [0.05, 0.1) is 12.2 Å². The summed E-state index contributed by atoms with van der Waals surface area (Å²) in [5.74, 6) is 0. The second-order valence-corrected chi connectivity index (χ2v) is 5.81. The molecule has 0 radical (unpaired) electrons. The fraction of sp³-hybridized carbons (Fsp3) is 0.714. The third kappa shape index (κ3) is 5.42. The van der Waals surface area contributed by atoms with E-state index in [-0.39, 0.29) is 5.60 Å². The molecule has 1 aromatic heterocycles. The summed E-state index contributed by atoms with van der Waals surface area (Å²) in [6, 6.07) is 0. The molecule has 108 valence electrons. The predicted octanol–water partition coefficient (Wildman–Crippen LogP) is 3.24. The van der Waals surface area contributed by atoms with Crippen molar-refractivity contribution in [1.29, 1.82) is 0 Å². The summed E-state index contributed by atoms with van der Waals surface area (Å²) in [4.78, 5) is 15.6. The zero-order valence-electron chi connectivity index (χ0n) is 12.5. The summed E-state index contributed by atoms with van der Waals surface area (Å²) in [6.07, 6.45) is 5.71. The molecule has 0 amide bonds. The third-order valence-corrected chi connectivity index (χ3v) is 3.13. The van der Waals surface area contributed by atoms with Gasteiger partial charge in [-0.15, -0.1) is 0 Å². The fourth-order valence-electron chi connectivity index (χ4n) is 1.38. The number of nitrogens with zero attached hydrogens (tertiary/aromatic N) is 2.